The smallest absolute Gasteiger partial charge is 0.138 e. The predicted molar refractivity (Wildman–Crippen MR) is 70.4 cm³/mol. The number of ether oxygens (including phenoxy) is 1. The van der Waals surface area contributed by atoms with E-state index in [2.05, 4.69) is 4.98 Å². The molecule has 0 saturated carbocycles. The van der Waals surface area contributed by atoms with Gasteiger partial charge in [-0.1, -0.05) is 6.07 Å². The van der Waals surface area contributed by atoms with Crippen molar-refractivity contribution in [1.82, 2.24) is 4.98 Å². The lowest BCUT2D eigenvalue weighted by Crippen LogP contribution is -1.94. The number of benzene rings is 1. The molecule has 1 aromatic carbocycles. The molecule has 0 atom stereocenters. The van der Waals surface area contributed by atoms with Crippen molar-refractivity contribution >= 4 is 21.4 Å². The van der Waals surface area contributed by atoms with Crippen LogP contribution in [0, 0.1) is 5.82 Å². The zero-order chi connectivity index (χ0) is 12.4. The summed E-state index contributed by atoms with van der Waals surface area (Å²) in [5.74, 6) is 0.531. The van der Waals surface area contributed by atoms with Gasteiger partial charge in [-0.05, 0) is 35.0 Å². The van der Waals surface area contributed by atoms with E-state index < -0.39 is 0 Å². The molecular weight excluding hydrogens is 249 g/mol. The maximum Gasteiger partial charge on any atom is 0.138 e. The number of fused-ring (bicyclic) bond motifs is 1. The molecule has 0 N–H and O–H groups in total. The van der Waals surface area contributed by atoms with Gasteiger partial charge < -0.3 is 4.74 Å². The van der Waals surface area contributed by atoms with Gasteiger partial charge in [0.05, 0.1) is 6.20 Å². The van der Waals surface area contributed by atoms with E-state index in [-0.39, 0.29) is 5.82 Å². The van der Waals surface area contributed by atoms with Gasteiger partial charge in [0.25, 0.3) is 0 Å². The molecule has 4 heteroatoms. The Kier molecular flexibility index (Phi) is 2.94. The van der Waals surface area contributed by atoms with E-state index in [1.54, 1.807) is 24.5 Å². The van der Waals surface area contributed by atoms with E-state index in [0.29, 0.717) is 6.61 Å². The van der Waals surface area contributed by atoms with E-state index in [1.165, 1.54) is 17.4 Å². The number of rotatable bonds is 3. The van der Waals surface area contributed by atoms with Gasteiger partial charge in [0.2, 0.25) is 0 Å². The maximum absolute atomic E-state index is 13.1. The molecular formula is C14H10FNOS. The average molecular weight is 259 g/mol. The lowest BCUT2D eigenvalue weighted by molar-refractivity contribution is 0.307. The van der Waals surface area contributed by atoms with E-state index in [4.69, 9.17) is 4.74 Å². The molecule has 0 radical (unpaired) electrons. The molecule has 3 aromatic rings. The summed E-state index contributed by atoms with van der Waals surface area (Å²) in [6.45, 7) is 0.470. The molecule has 0 aliphatic heterocycles. The van der Waals surface area contributed by atoms with E-state index in [1.807, 2.05) is 17.5 Å². The molecule has 0 bridgehead atoms. The minimum absolute atomic E-state index is 0.205. The molecule has 0 aliphatic rings. The Labute approximate surface area is 108 Å². The number of hydrogen-bond donors (Lipinski definition) is 0. The Morgan fingerprint density at radius 2 is 2.22 bits per heavy atom. The fourth-order valence-corrected chi connectivity index (χ4v) is 2.73. The standard InChI is InChI=1S/C14H10FNOS/c15-11-3-4-13-10(9-18-14(13)6-11)8-17-12-2-1-5-16-7-12/h1-7,9H,8H2. The lowest BCUT2D eigenvalue weighted by Gasteiger charge is -2.04. The van der Waals surface area contributed by atoms with Gasteiger partial charge in [-0.15, -0.1) is 11.3 Å². The Morgan fingerprint density at radius 3 is 3.06 bits per heavy atom. The zero-order valence-corrected chi connectivity index (χ0v) is 10.3. The Bertz CT molecular complexity index is 666. The topological polar surface area (TPSA) is 22.1 Å². The minimum Gasteiger partial charge on any atom is -0.487 e. The number of aromatic nitrogens is 1. The summed E-state index contributed by atoms with van der Waals surface area (Å²) in [7, 11) is 0. The summed E-state index contributed by atoms with van der Waals surface area (Å²) in [5, 5.41) is 3.05. The third-order valence-electron chi connectivity index (χ3n) is 2.65. The third kappa shape index (κ3) is 2.19. The number of thiophene rings is 1. The molecule has 2 heterocycles. The van der Waals surface area contributed by atoms with E-state index >= 15 is 0 Å². The van der Waals surface area contributed by atoms with Crippen LogP contribution in [0.4, 0.5) is 4.39 Å². The first-order valence-electron chi connectivity index (χ1n) is 5.51. The van der Waals surface area contributed by atoms with Crippen LogP contribution in [-0.4, -0.2) is 4.98 Å². The van der Waals surface area contributed by atoms with Gasteiger partial charge in [0.15, 0.2) is 0 Å². The SMILES string of the molecule is Fc1ccc2c(COc3cccnc3)csc2c1. The van der Waals surface area contributed by atoms with Crippen LogP contribution >= 0.6 is 11.3 Å². The highest BCUT2D eigenvalue weighted by Gasteiger charge is 2.05. The van der Waals surface area contributed by atoms with Crippen molar-refractivity contribution in [2.45, 2.75) is 6.61 Å². The molecule has 3 rings (SSSR count). The van der Waals surface area contributed by atoms with E-state index in [9.17, 15) is 4.39 Å². The highest BCUT2D eigenvalue weighted by Crippen LogP contribution is 2.27. The maximum atomic E-state index is 13.1. The van der Waals surface area contributed by atoms with Crippen molar-refractivity contribution in [3.8, 4) is 5.75 Å². The van der Waals surface area contributed by atoms with Crippen LogP contribution in [0.2, 0.25) is 0 Å². The van der Waals surface area contributed by atoms with Crippen molar-refractivity contribution in [2.75, 3.05) is 0 Å². The quantitative estimate of drug-likeness (QED) is 0.709. The van der Waals surface area contributed by atoms with Gasteiger partial charge in [0, 0.05) is 16.5 Å². The largest absolute Gasteiger partial charge is 0.487 e. The fourth-order valence-electron chi connectivity index (χ4n) is 1.76. The number of nitrogens with zero attached hydrogens (tertiary/aromatic N) is 1. The average Bonchev–Trinajstić information content (AvgIpc) is 2.80. The van der Waals surface area contributed by atoms with Gasteiger partial charge in [0.1, 0.15) is 18.2 Å². The normalized spacial score (nSPS) is 10.7. The van der Waals surface area contributed by atoms with Gasteiger partial charge in [-0.3, -0.25) is 4.98 Å². The van der Waals surface area contributed by atoms with Crippen LogP contribution in [-0.2, 0) is 6.61 Å². The zero-order valence-electron chi connectivity index (χ0n) is 9.47. The molecule has 0 amide bonds. The molecule has 0 fully saturated rings. The third-order valence-corrected chi connectivity index (χ3v) is 3.64. The molecule has 0 spiro atoms. The molecule has 0 saturated heterocycles. The van der Waals surface area contributed by atoms with Crippen molar-refractivity contribution in [1.29, 1.82) is 0 Å². The Balaban J connectivity index is 1.83. The first-order valence-corrected chi connectivity index (χ1v) is 6.39. The monoisotopic (exact) mass is 259 g/mol. The van der Waals surface area contributed by atoms with Crippen LogP contribution < -0.4 is 4.74 Å². The number of hydrogen-bond acceptors (Lipinski definition) is 3. The lowest BCUT2D eigenvalue weighted by atomic mass is 10.2. The van der Waals surface area contributed by atoms with Gasteiger partial charge in [-0.25, -0.2) is 4.39 Å². The second kappa shape index (κ2) is 4.74. The van der Waals surface area contributed by atoms with Crippen molar-refractivity contribution < 1.29 is 9.13 Å². The van der Waals surface area contributed by atoms with Gasteiger partial charge in [-0.2, -0.15) is 0 Å². The van der Waals surface area contributed by atoms with Gasteiger partial charge >= 0.3 is 0 Å². The molecule has 2 aromatic heterocycles. The fraction of sp³-hybridized carbons (Fsp3) is 0.0714. The van der Waals surface area contributed by atoms with E-state index in [0.717, 1.165) is 21.4 Å². The first-order chi connectivity index (χ1) is 8.83. The van der Waals surface area contributed by atoms with Crippen molar-refractivity contribution in [2.24, 2.45) is 0 Å². The molecule has 90 valence electrons. The minimum atomic E-state index is -0.205. The molecule has 2 nitrogen and oxygen atoms in total. The molecule has 0 unspecified atom stereocenters. The number of halogens is 1. The summed E-state index contributed by atoms with van der Waals surface area (Å²) in [6.07, 6.45) is 3.38. The van der Waals surface area contributed by atoms with Crippen LogP contribution in [0.25, 0.3) is 10.1 Å². The highest BCUT2D eigenvalue weighted by atomic mass is 32.1. The van der Waals surface area contributed by atoms with Crippen LogP contribution in [0.5, 0.6) is 5.75 Å². The summed E-state index contributed by atoms with van der Waals surface area (Å²) in [6, 6.07) is 8.51. The summed E-state index contributed by atoms with van der Waals surface area (Å²) in [4.78, 5) is 3.99. The Morgan fingerprint density at radius 1 is 1.28 bits per heavy atom. The van der Waals surface area contributed by atoms with Crippen LogP contribution in [0.15, 0.2) is 48.1 Å². The van der Waals surface area contributed by atoms with Crippen molar-refractivity contribution in [3.05, 3.63) is 59.5 Å². The van der Waals surface area contributed by atoms with Crippen molar-refractivity contribution in [3.63, 3.8) is 0 Å². The molecule has 0 aliphatic carbocycles. The Hall–Kier alpha value is -1.94. The summed E-state index contributed by atoms with van der Waals surface area (Å²) < 4.78 is 19.6. The molecule has 18 heavy (non-hydrogen) atoms. The second-order valence-electron chi connectivity index (χ2n) is 3.88. The van der Waals surface area contributed by atoms with Crippen LogP contribution in [0.3, 0.4) is 0 Å². The predicted octanol–water partition coefficient (Wildman–Crippen LogP) is 4.01. The summed E-state index contributed by atoms with van der Waals surface area (Å²) in [5.41, 5.74) is 1.07. The summed E-state index contributed by atoms with van der Waals surface area (Å²) >= 11 is 1.53. The number of pyridine rings is 1. The second-order valence-corrected chi connectivity index (χ2v) is 4.79. The highest BCUT2D eigenvalue weighted by molar-refractivity contribution is 7.17. The first kappa shape index (κ1) is 11.2. The van der Waals surface area contributed by atoms with Crippen LogP contribution in [0.1, 0.15) is 5.56 Å².